The van der Waals surface area contributed by atoms with Gasteiger partial charge in [-0.1, -0.05) is 59.3 Å². The molecule has 40 heavy (non-hydrogen) atoms. The summed E-state index contributed by atoms with van der Waals surface area (Å²) in [7, 11) is 0. The molecule has 6 nitrogen and oxygen atoms in total. The van der Waals surface area contributed by atoms with Crippen LogP contribution in [-0.2, 0) is 11.2 Å². The van der Waals surface area contributed by atoms with E-state index < -0.39 is 5.97 Å². The first-order valence-electron chi connectivity index (χ1n) is 12.9. The fraction of sp³-hybridized carbons (Fsp3) is 0.194. The molecule has 0 radical (unpaired) electrons. The number of aryl methyl sites for hydroxylation is 1. The van der Waals surface area contributed by atoms with Crippen LogP contribution < -0.4 is 24.4 Å². The minimum Gasteiger partial charge on any atom is -0.490 e. The highest BCUT2D eigenvalue weighted by molar-refractivity contribution is 14.1. The highest BCUT2D eigenvalue weighted by Crippen LogP contribution is 2.41. The average Bonchev–Trinajstić information content (AvgIpc) is 3.24. The van der Waals surface area contributed by atoms with Gasteiger partial charge < -0.3 is 9.47 Å². The van der Waals surface area contributed by atoms with Crippen molar-refractivity contribution in [3.8, 4) is 11.5 Å². The Morgan fingerprint density at radius 1 is 1.18 bits per heavy atom. The molecule has 2 heterocycles. The van der Waals surface area contributed by atoms with Crippen molar-refractivity contribution in [2.75, 3.05) is 6.61 Å². The van der Waals surface area contributed by atoms with Crippen LogP contribution in [0.5, 0.6) is 11.5 Å². The first-order valence-corrected chi connectivity index (χ1v) is 15.1. The van der Waals surface area contributed by atoms with Crippen LogP contribution in [0.1, 0.15) is 48.6 Å². The van der Waals surface area contributed by atoms with Gasteiger partial charge in [0.1, 0.15) is 0 Å². The molecule has 1 aliphatic heterocycles. The number of benzene rings is 3. The van der Waals surface area contributed by atoms with E-state index >= 15 is 0 Å². The molecule has 0 N–H and O–H groups in total. The molecule has 0 saturated heterocycles. The molecular formula is C31H24ClIN2O4S. The van der Waals surface area contributed by atoms with Crippen molar-refractivity contribution >= 4 is 63.3 Å². The summed E-state index contributed by atoms with van der Waals surface area (Å²) in [6, 6.07) is 19.5. The first-order chi connectivity index (χ1) is 19.3. The summed E-state index contributed by atoms with van der Waals surface area (Å²) in [6.45, 7) is 3.63. The number of halogens is 2. The third-order valence-corrected chi connectivity index (χ3v) is 8.97. The van der Waals surface area contributed by atoms with Crippen molar-refractivity contribution in [2.24, 2.45) is 4.99 Å². The van der Waals surface area contributed by atoms with Crippen LogP contribution in [0.15, 0.2) is 76.0 Å². The normalized spacial score (nSPS) is 16.1. The van der Waals surface area contributed by atoms with E-state index in [4.69, 9.17) is 26.1 Å². The lowest BCUT2D eigenvalue weighted by atomic mass is 9.83. The number of hydrogen-bond acceptors (Lipinski definition) is 6. The van der Waals surface area contributed by atoms with E-state index in [-0.39, 0.29) is 11.6 Å². The Balaban J connectivity index is 1.55. The van der Waals surface area contributed by atoms with Crippen molar-refractivity contribution < 1.29 is 14.3 Å². The van der Waals surface area contributed by atoms with Gasteiger partial charge >= 0.3 is 5.97 Å². The standard InChI is InChI=1S/C31H24ClIN2O4S/c1-3-38-25-15-18(14-24(33)29(25)39-17(2)36)16-26-30(37)35-28(20-8-11-21(32)12-9-20)23-13-10-19-6-4-5-7-22(19)27(23)34-31(35)40-26/h4-9,11-12,14-16,28H,3,10,13H2,1-2H3/b26-16+/t28-/m1/s1. The second-order valence-electron chi connectivity index (χ2n) is 9.52. The number of aromatic nitrogens is 1. The van der Waals surface area contributed by atoms with Gasteiger partial charge in [-0.15, -0.1) is 0 Å². The van der Waals surface area contributed by atoms with Gasteiger partial charge in [-0.3, -0.25) is 14.2 Å². The van der Waals surface area contributed by atoms with Gasteiger partial charge in [0.15, 0.2) is 16.3 Å². The number of fused-ring (bicyclic) bond motifs is 3. The second-order valence-corrected chi connectivity index (χ2v) is 12.1. The topological polar surface area (TPSA) is 69.9 Å². The van der Waals surface area contributed by atoms with Crippen molar-refractivity contribution in [1.82, 2.24) is 4.57 Å². The minimum absolute atomic E-state index is 0.105. The van der Waals surface area contributed by atoms with E-state index in [2.05, 4.69) is 40.8 Å². The zero-order valence-electron chi connectivity index (χ0n) is 21.7. The van der Waals surface area contributed by atoms with Crippen molar-refractivity contribution in [3.05, 3.63) is 117 Å². The predicted octanol–water partition coefficient (Wildman–Crippen LogP) is 5.90. The summed E-state index contributed by atoms with van der Waals surface area (Å²) in [6.07, 6.45) is 3.56. The molecule has 4 aromatic rings. The number of ether oxygens (including phenoxy) is 2. The summed E-state index contributed by atoms with van der Waals surface area (Å²) < 4.78 is 14.3. The van der Waals surface area contributed by atoms with Crippen molar-refractivity contribution in [1.29, 1.82) is 0 Å². The Bertz CT molecular complexity index is 1870. The third-order valence-electron chi connectivity index (χ3n) is 6.93. The average molecular weight is 683 g/mol. The number of carbonyl (C=O) groups excluding carboxylic acids is 1. The lowest BCUT2D eigenvalue weighted by Crippen LogP contribution is -2.38. The summed E-state index contributed by atoms with van der Waals surface area (Å²) in [5, 5.41) is 0.649. The third kappa shape index (κ3) is 4.93. The van der Waals surface area contributed by atoms with E-state index in [9.17, 15) is 9.59 Å². The molecule has 9 heteroatoms. The van der Waals surface area contributed by atoms with Crippen LogP contribution >= 0.6 is 45.5 Å². The maximum absolute atomic E-state index is 14.0. The fourth-order valence-electron chi connectivity index (χ4n) is 5.30. The molecule has 0 spiro atoms. The Kier molecular flexibility index (Phi) is 7.41. The molecule has 0 amide bonds. The number of esters is 1. The number of hydrogen-bond donors (Lipinski definition) is 0. The lowest BCUT2D eigenvalue weighted by Gasteiger charge is -2.30. The zero-order chi connectivity index (χ0) is 28.0. The summed E-state index contributed by atoms with van der Waals surface area (Å²) >= 11 is 9.71. The Morgan fingerprint density at radius 2 is 1.95 bits per heavy atom. The Hall–Kier alpha value is -3.21. The molecule has 1 aromatic heterocycles. The van der Waals surface area contributed by atoms with Crippen LogP contribution in [0.3, 0.4) is 0 Å². The Labute approximate surface area is 253 Å². The molecule has 202 valence electrons. The lowest BCUT2D eigenvalue weighted by molar-refractivity contribution is -0.132. The maximum atomic E-state index is 14.0. The number of thiazole rings is 1. The monoisotopic (exact) mass is 682 g/mol. The van der Waals surface area contributed by atoms with Gasteiger partial charge in [0, 0.05) is 17.5 Å². The Morgan fingerprint density at radius 3 is 2.70 bits per heavy atom. The van der Waals surface area contributed by atoms with Crippen LogP contribution in [0.25, 0.3) is 11.8 Å². The smallest absolute Gasteiger partial charge is 0.308 e. The van der Waals surface area contributed by atoms with Crippen LogP contribution in [0.4, 0.5) is 0 Å². The summed E-state index contributed by atoms with van der Waals surface area (Å²) in [5.41, 5.74) is 6.14. The SMILES string of the molecule is CCOc1cc(/C=c2/sc3n(c2=O)[C@H](c2ccc(Cl)cc2)C2=C(N=3)c3ccccc3CC2)cc(I)c1OC(C)=O. The highest BCUT2D eigenvalue weighted by Gasteiger charge is 2.32. The van der Waals surface area contributed by atoms with E-state index in [1.54, 1.807) is 6.07 Å². The maximum Gasteiger partial charge on any atom is 0.308 e. The highest BCUT2D eigenvalue weighted by atomic mass is 127. The molecular weight excluding hydrogens is 659 g/mol. The predicted molar refractivity (Wildman–Crippen MR) is 166 cm³/mol. The minimum atomic E-state index is -0.423. The zero-order valence-corrected chi connectivity index (χ0v) is 25.5. The van der Waals surface area contributed by atoms with Crippen molar-refractivity contribution in [2.45, 2.75) is 32.7 Å². The summed E-state index contributed by atoms with van der Waals surface area (Å²) in [4.78, 5) is 31.4. The van der Waals surface area contributed by atoms with E-state index in [1.807, 2.05) is 54.0 Å². The number of nitrogens with zero attached hydrogens (tertiary/aromatic N) is 2. The van der Waals surface area contributed by atoms with E-state index in [0.29, 0.717) is 36.0 Å². The van der Waals surface area contributed by atoms with Crippen LogP contribution in [0.2, 0.25) is 5.02 Å². The van der Waals surface area contributed by atoms with Gasteiger partial charge in [-0.2, -0.15) is 0 Å². The van der Waals surface area contributed by atoms with Gasteiger partial charge in [-0.25, -0.2) is 4.99 Å². The molecule has 3 aromatic carbocycles. The quantitative estimate of drug-likeness (QED) is 0.149. The molecule has 0 fully saturated rings. The molecule has 1 aliphatic carbocycles. The van der Waals surface area contributed by atoms with Crippen LogP contribution in [-0.4, -0.2) is 17.1 Å². The van der Waals surface area contributed by atoms with Gasteiger partial charge in [0.05, 0.1) is 26.4 Å². The molecule has 0 bridgehead atoms. The molecule has 2 aliphatic rings. The number of allylic oxidation sites excluding steroid dienone is 1. The first kappa shape index (κ1) is 27.0. The summed E-state index contributed by atoms with van der Waals surface area (Å²) in [5.74, 6) is 0.407. The van der Waals surface area contributed by atoms with Crippen LogP contribution in [0, 0.1) is 3.57 Å². The molecule has 0 saturated carbocycles. The number of carbonyl (C=O) groups is 1. The van der Waals surface area contributed by atoms with Gasteiger partial charge in [0.2, 0.25) is 0 Å². The molecule has 1 atom stereocenters. The molecule has 6 rings (SSSR count). The largest absolute Gasteiger partial charge is 0.490 e. The van der Waals surface area contributed by atoms with E-state index in [0.717, 1.165) is 40.8 Å². The fourth-order valence-corrected chi connectivity index (χ4v) is 7.16. The van der Waals surface area contributed by atoms with Crippen molar-refractivity contribution in [3.63, 3.8) is 0 Å². The number of rotatable bonds is 5. The van der Waals surface area contributed by atoms with E-state index in [1.165, 1.54) is 23.8 Å². The second kappa shape index (κ2) is 11.0. The molecule has 0 unspecified atom stereocenters. The van der Waals surface area contributed by atoms with Gasteiger partial charge in [0.25, 0.3) is 5.56 Å². The van der Waals surface area contributed by atoms with Gasteiger partial charge in [-0.05, 0) is 95.0 Å².